The molecular weight excluding hydrogens is 272 g/mol. The second-order valence-electron chi connectivity index (χ2n) is 3.85. The SMILES string of the molecule is O=[N+]([O-])c1cc(F)ccc1Oc1cccc(F)c1CO. The summed E-state index contributed by atoms with van der Waals surface area (Å²) in [7, 11) is 0. The van der Waals surface area contributed by atoms with E-state index in [4.69, 9.17) is 9.84 Å². The number of nitrogens with zero attached hydrogens (tertiary/aromatic N) is 1. The largest absolute Gasteiger partial charge is 0.450 e. The number of aliphatic hydroxyl groups is 1. The molecule has 0 bridgehead atoms. The molecule has 2 aromatic rings. The molecule has 0 aliphatic carbocycles. The van der Waals surface area contributed by atoms with E-state index in [0.29, 0.717) is 6.07 Å². The van der Waals surface area contributed by atoms with Crippen LogP contribution in [0.25, 0.3) is 0 Å². The Morgan fingerprint density at radius 2 is 1.95 bits per heavy atom. The topological polar surface area (TPSA) is 72.6 Å². The van der Waals surface area contributed by atoms with E-state index in [1.165, 1.54) is 12.1 Å². The zero-order chi connectivity index (χ0) is 14.7. The highest BCUT2D eigenvalue weighted by Gasteiger charge is 2.19. The molecule has 0 fully saturated rings. The third-order valence-electron chi connectivity index (χ3n) is 2.57. The third-order valence-corrected chi connectivity index (χ3v) is 2.57. The Balaban J connectivity index is 2.45. The summed E-state index contributed by atoms with van der Waals surface area (Å²) in [6, 6.07) is 6.56. The van der Waals surface area contributed by atoms with Gasteiger partial charge in [0.2, 0.25) is 5.75 Å². The maximum Gasteiger partial charge on any atom is 0.314 e. The van der Waals surface area contributed by atoms with Gasteiger partial charge in [-0.1, -0.05) is 6.07 Å². The second-order valence-corrected chi connectivity index (χ2v) is 3.85. The van der Waals surface area contributed by atoms with Crippen molar-refractivity contribution in [2.45, 2.75) is 6.61 Å². The molecule has 5 nitrogen and oxygen atoms in total. The van der Waals surface area contributed by atoms with E-state index in [2.05, 4.69) is 0 Å². The number of nitro benzene ring substituents is 1. The first kappa shape index (κ1) is 13.9. The first-order chi connectivity index (χ1) is 9.52. The highest BCUT2D eigenvalue weighted by Crippen LogP contribution is 2.34. The van der Waals surface area contributed by atoms with Crippen LogP contribution in [0.4, 0.5) is 14.5 Å². The van der Waals surface area contributed by atoms with Crippen molar-refractivity contribution in [2.24, 2.45) is 0 Å². The fourth-order valence-electron chi connectivity index (χ4n) is 1.63. The monoisotopic (exact) mass is 281 g/mol. The van der Waals surface area contributed by atoms with E-state index in [9.17, 15) is 18.9 Å². The molecule has 0 spiro atoms. The maximum atomic E-state index is 13.4. The van der Waals surface area contributed by atoms with Crippen molar-refractivity contribution in [3.8, 4) is 11.5 Å². The van der Waals surface area contributed by atoms with Crippen molar-refractivity contribution in [3.05, 3.63) is 63.7 Å². The molecule has 0 unspecified atom stereocenters. The standard InChI is InChI=1S/C13H9F2NO4/c14-8-4-5-13(11(6-8)16(18)19)20-12-3-1-2-10(15)9(12)7-17/h1-6,17H,7H2. The third kappa shape index (κ3) is 2.72. The van der Waals surface area contributed by atoms with Gasteiger partial charge in [-0.25, -0.2) is 8.78 Å². The summed E-state index contributed by atoms with van der Waals surface area (Å²) in [6.45, 7) is -0.628. The molecule has 0 saturated heterocycles. The molecule has 7 heteroatoms. The van der Waals surface area contributed by atoms with Crippen LogP contribution in [0.2, 0.25) is 0 Å². The van der Waals surface area contributed by atoms with Gasteiger partial charge in [0.1, 0.15) is 17.4 Å². The van der Waals surface area contributed by atoms with E-state index >= 15 is 0 Å². The summed E-state index contributed by atoms with van der Waals surface area (Å²) >= 11 is 0. The number of halogens is 2. The Hall–Kier alpha value is -2.54. The van der Waals surface area contributed by atoms with E-state index in [0.717, 1.165) is 18.2 Å². The quantitative estimate of drug-likeness (QED) is 0.690. The lowest BCUT2D eigenvalue weighted by molar-refractivity contribution is -0.385. The van der Waals surface area contributed by atoms with E-state index in [-0.39, 0.29) is 17.1 Å². The van der Waals surface area contributed by atoms with Crippen LogP contribution in [0.5, 0.6) is 11.5 Å². The first-order valence-corrected chi connectivity index (χ1v) is 5.53. The van der Waals surface area contributed by atoms with Gasteiger partial charge >= 0.3 is 5.69 Å². The van der Waals surface area contributed by atoms with Gasteiger partial charge in [0.05, 0.1) is 23.2 Å². The minimum Gasteiger partial charge on any atom is -0.450 e. The Bertz CT molecular complexity index is 661. The minimum atomic E-state index is -0.809. The number of aliphatic hydroxyl groups excluding tert-OH is 1. The Labute approximate surface area is 112 Å². The Morgan fingerprint density at radius 1 is 1.20 bits per heavy atom. The van der Waals surface area contributed by atoms with Crippen molar-refractivity contribution >= 4 is 5.69 Å². The van der Waals surface area contributed by atoms with E-state index in [1.54, 1.807) is 0 Å². The van der Waals surface area contributed by atoms with Gasteiger partial charge in [0, 0.05) is 0 Å². The van der Waals surface area contributed by atoms with Crippen LogP contribution in [0.15, 0.2) is 36.4 Å². The molecule has 0 amide bonds. The number of hydrogen-bond donors (Lipinski definition) is 1. The molecule has 104 valence electrons. The van der Waals surface area contributed by atoms with Gasteiger partial charge in [-0.15, -0.1) is 0 Å². The summed E-state index contributed by atoms with van der Waals surface area (Å²) < 4.78 is 31.7. The van der Waals surface area contributed by atoms with Gasteiger partial charge in [-0.05, 0) is 24.3 Å². The average molecular weight is 281 g/mol. The summed E-state index contributed by atoms with van der Waals surface area (Å²) in [6.07, 6.45) is 0. The lowest BCUT2D eigenvalue weighted by Crippen LogP contribution is -1.98. The number of ether oxygens (including phenoxy) is 1. The molecule has 0 heterocycles. The molecular formula is C13H9F2NO4. The second kappa shape index (κ2) is 5.62. The van der Waals surface area contributed by atoms with Crippen LogP contribution in [0.3, 0.4) is 0 Å². The smallest absolute Gasteiger partial charge is 0.314 e. The van der Waals surface area contributed by atoms with Crippen LogP contribution in [0.1, 0.15) is 5.56 Å². The minimum absolute atomic E-state index is 0.0674. The molecule has 0 atom stereocenters. The molecule has 0 radical (unpaired) electrons. The van der Waals surface area contributed by atoms with Crippen molar-refractivity contribution in [1.82, 2.24) is 0 Å². The molecule has 2 aromatic carbocycles. The Morgan fingerprint density at radius 3 is 2.60 bits per heavy atom. The van der Waals surface area contributed by atoms with Crippen molar-refractivity contribution in [2.75, 3.05) is 0 Å². The fourth-order valence-corrected chi connectivity index (χ4v) is 1.63. The predicted molar refractivity (Wildman–Crippen MR) is 65.5 cm³/mol. The van der Waals surface area contributed by atoms with Gasteiger partial charge in [-0.2, -0.15) is 0 Å². The van der Waals surface area contributed by atoms with Crippen molar-refractivity contribution in [1.29, 1.82) is 0 Å². The zero-order valence-corrected chi connectivity index (χ0v) is 10.0. The maximum absolute atomic E-state index is 13.4. The van der Waals surface area contributed by atoms with Crippen LogP contribution >= 0.6 is 0 Å². The van der Waals surface area contributed by atoms with Gasteiger partial charge < -0.3 is 9.84 Å². The van der Waals surface area contributed by atoms with Gasteiger partial charge in [-0.3, -0.25) is 10.1 Å². The molecule has 0 aliphatic rings. The molecule has 1 N–H and O–H groups in total. The normalized spacial score (nSPS) is 10.3. The predicted octanol–water partition coefficient (Wildman–Crippen LogP) is 3.16. The van der Waals surface area contributed by atoms with Gasteiger partial charge in [0.15, 0.2) is 0 Å². The molecule has 0 aliphatic heterocycles. The first-order valence-electron chi connectivity index (χ1n) is 5.53. The fraction of sp³-hybridized carbons (Fsp3) is 0.0769. The molecule has 2 rings (SSSR count). The molecule has 20 heavy (non-hydrogen) atoms. The van der Waals surface area contributed by atoms with Crippen molar-refractivity contribution < 1.29 is 23.5 Å². The highest BCUT2D eigenvalue weighted by atomic mass is 19.1. The summed E-state index contributed by atoms with van der Waals surface area (Å²) in [5.74, 6) is -1.79. The van der Waals surface area contributed by atoms with Crippen LogP contribution < -0.4 is 4.74 Å². The lowest BCUT2D eigenvalue weighted by Gasteiger charge is -2.10. The Kier molecular flexibility index (Phi) is 3.90. The summed E-state index contributed by atoms with van der Waals surface area (Å²) in [5, 5.41) is 19.9. The number of nitro groups is 1. The highest BCUT2D eigenvalue weighted by molar-refractivity contribution is 5.49. The lowest BCUT2D eigenvalue weighted by atomic mass is 10.2. The zero-order valence-electron chi connectivity index (χ0n) is 10.0. The van der Waals surface area contributed by atoms with Crippen LogP contribution in [-0.4, -0.2) is 10.0 Å². The van der Waals surface area contributed by atoms with Crippen LogP contribution in [0, 0.1) is 21.7 Å². The van der Waals surface area contributed by atoms with E-state index in [1.807, 2.05) is 0 Å². The van der Waals surface area contributed by atoms with E-state index < -0.39 is 28.9 Å². The number of hydrogen-bond acceptors (Lipinski definition) is 4. The van der Waals surface area contributed by atoms with Gasteiger partial charge in [0.25, 0.3) is 0 Å². The number of benzene rings is 2. The molecule has 0 aromatic heterocycles. The number of rotatable bonds is 4. The van der Waals surface area contributed by atoms with Crippen molar-refractivity contribution in [3.63, 3.8) is 0 Å². The average Bonchev–Trinajstić information content (AvgIpc) is 2.41. The molecule has 0 saturated carbocycles. The van der Waals surface area contributed by atoms with Crippen LogP contribution in [-0.2, 0) is 6.61 Å². The summed E-state index contributed by atoms with van der Waals surface area (Å²) in [5.41, 5.74) is -0.718. The summed E-state index contributed by atoms with van der Waals surface area (Å²) in [4.78, 5) is 10.0.